The van der Waals surface area contributed by atoms with Crippen LogP contribution in [-0.4, -0.2) is 36.0 Å². The van der Waals surface area contributed by atoms with Gasteiger partial charge in [0, 0.05) is 18.5 Å². The van der Waals surface area contributed by atoms with Crippen LogP contribution in [0.15, 0.2) is 18.2 Å². The Labute approximate surface area is 125 Å². The van der Waals surface area contributed by atoms with E-state index in [1.54, 1.807) is 0 Å². The topological polar surface area (TPSA) is 41.5 Å². The van der Waals surface area contributed by atoms with Gasteiger partial charge in [-0.1, -0.05) is 6.07 Å². The van der Waals surface area contributed by atoms with Gasteiger partial charge in [-0.15, -0.1) is 0 Å². The first-order valence-electron chi connectivity index (χ1n) is 7.17. The number of ether oxygens (including phenoxy) is 1. The van der Waals surface area contributed by atoms with Crippen molar-refractivity contribution < 1.29 is 27.4 Å². The fraction of sp³-hybridized carbons (Fsp3) is 0.600. The van der Waals surface area contributed by atoms with E-state index in [2.05, 4.69) is 5.32 Å². The molecule has 22 heavy (non-hydrogen) atoms. The molecule has 3 nitrogen and oxygen atoms in total. The maximum atomic E-state index is 13.3. The Morgan fingerprint density at radius 3 is 2.45 bits per heavy atom. The fourth-order valence-electron chi connectivity index (χ4n) is 3.44. The molecular weight excluding hydrogens is 302 g/mol. The molecule has 2 aliphatic rings. The van der Waals surface area contributed by atoms with Crippen molar-refractivity contribution in [1.82, 2.24) is 5.32 Å². The summed E-state index contributed by atoms with van der Waals surface area (Å²) in [6.45, 7) is 0.964. The molecule has 1 aromatic rings. The highest BCUT2D eigenvalue weighted by atomic mass is 19.4. The lowest BCUT2D eigenvalue weighted by atomic mass is 9.79. The Morgan fingerprint density at radius 2 is 1.86 bits per heavy atom. The van der Waals surface area contributed by atoms with Crippen molar-refractivity contribution in [2.75, 3.05) is 13.2 Å². The Morgan fingerprint density at radius 1 is 1.23 bits per heavy atom. The second kappa shape index (κ2) is 5.47. The summed E-state index contributed by atoms with van der Waals surface area (Å²) in [6.07, 6.45) is -3.85. The molecule has 0 aromatic heterocycles. The third kappa shape index (κ3) is 3.26. The van der Waals surface area contributed by atoms with Gasteiger partial charge in [-0.3, -0.25) is 0 Å². The molecular formula is C15H17F4NO2. The van der Waals surface area contributed by atoms with Gasteiger partial charge in [-0.2, -0.15) is 13.2 Å². The van der Waals surface area contributed by atoms with Crippen molar-refractivity contribution >= 4 is 0 Å². The Bertz CT molecular complexity index is 549. The molecule has 7 heteroatoms. The average Bonchev–Trinajstić information content (AvgIpc) is 2.39. The zero-order valence-electron chi connectivity index (χ0n) is 11.8. The highest BCUT2D eigenvalue weighted by Crippen LogP contribution is 2.35. The lowest BCUT2D eigenvalue weighted by Crippen LogP contribution is -2.60. The summed E-state index contributed by atoms with van der Waals surface area (Å²) in [5.41, 5.74) is -2.09. The lowest BCUT2D eigenvalue weighted by molar-refractivity contribution is -0.140. The monoisotopic (exact) mass is 319 g/mol. The van der Waals surface area contributed by atoms with Gasteiger partial charge < -0.3 is 15.2 Å². The van der Waals surface area contributed by atoms with Gasteiger partial charge in [0.2, 0.25) is 0 Å². The summed E-state index contributed by atoms with van der Waals surface area (Å²) in [5, 5.41) is 14.0. The normalized spacial score (nSPS) is 32.0. The van der Waals surface area contributed by atoms with Crippen molar-refractivity contribution in [3.8, 4) is 0 Å². The van der Waals surface area contributed by atoms with Crippen LogP contribution < -0.4 is 5.32 Å². The second-order valence-electron chi connectivity index (χ2n) is 6.22. The van der Waals surface area contributed by atoms with E-state index in [1.807, 2.05) is 0 Å². The van der Waals surface area contributed by atoms with Gasteiger partial charge in [0.15, 0.2) is 0 Å². The highest BCUT2D eigenvalue weighted by molar-refractivity contribution is 5.28. The zero-order chi connectivity index (χ0) is 16.0. The number of hydrogen-bond donors (Lipinski definition) is 2. The van der Waals surface area contributed by atoms with Crippen molar-refractivity contribution in [3.63, 3.8) is 0 Å². The largest absolute Gasteiger partial charge is 0.419 e. The summed E-state index contributed by atoms with van der Waals surface area (Å²) in [7, 11) is 0. The van der Waals surface area contributed by atoms with E-state index in [9.17, 15) is 22.7 Å². The number of alkyl halides is 3. The number of benzene rings is 1. The standard InChI is InChI=1S/C15H17F4NO2/c16-13-2-1-9(3-12(13)15(17,18)19)4-14(21)5-10-7-22-8-11(6-14)20-10/h1-3,10-11,20-21H,4-8H2. The number of nitrogens with one attached hydrogen (secondary N) is 1. The van der Waals surface area contributed by atoms with Crippen LogP contribution in [0.1, 0.15) is 24.0 Å². The number of morpholine rings is 1. The van der Waals surface area contributed by atoms with Crippen LogP contribution in [0.5, 0.6) is 0 Å². The summed E-state index contributed by atoms with van der Waals surface area (Å²) < 4.78 is 57.0. The van der Waals surface area contributed by atoms with Crippen LogP contribution in [0, 0.1) is 5.82 Å². The van der Waals surface area contributed by atoms with E-state index in [4.69, 9.17) is 4.74 Å². The molecule has 0 aliphatic carbocycles. The van der Waals surface area contributed by atoms with Crippen LogP contribution >= 0.6 is 0 Å². The Hall–Kier alpha value is -1.18. The van der Waals surface area contributed by atoms with Gasteiger partial charge in [-0.05, 0) is 30.5 Å². The van der Waals surface area contributed by atoms with E-state index < -0.39 is 23.2 Å². The first-order valence-corrected chi connectivity index (χ1v) is 7.17. The van der Waals surface area contributed by atoms with Crippen LogP contribution in [0.3, 0.4) is 0 Å². The summed E-state index contributed by atoms with van der Waals surface area (Å²) in [5.74, 6) is -1.29. The number of piperidine rings is 1. The molecule has 2 unspecified atom stereocenters. The average molecular weight is 319 g/mol. The minimum absolute atomic E-state index is 0.0000323. The molecule has 2 saturated heterocycles. The van der Waals surface area contributed by atoms with Crippen LogP contribution in [-0.2, 0) is 17.3 Å². The smallest absolute Gasteiger partial charge is 0.389 e. The minimum Gasteiger partial charge on any atom is -0.389 e. The third-order valence-corrected chi connectivity index (χ3v) is 4.23. The van der Waals surface area contributed by atoms with Gasteiger partial charge in [-0.25, -0.2) is 4.39 Å². The molecule has 122 valence electrons. The molecule has 2 atom stereocenters. The molecule has 2 bridgehead atoms. The molecule has 2 heterocycles. The number of halogens is 4. The molecule has 2 fully saturated rings. The number of hydrogen-bond acceptors (Lipinski definition) is 3. The van der Waals surface area contributed by atoms with Crippen LogP contribution in [0.25, 0.3) is 0 Å². The number of aliphatic hydroxyl groups is 1. The van der Waals surface area contributed by atoms with Crippen molar-refractivity contribution in [2.45, 2.75) is 43.1 Å². The molecule has 0 spiro atoms. The Kier molecular flexibility index (Phi) is 3.91. The van der Waals surface area contributed by atoms with Gasteiger partial charge in [0.05, 0.1) is 24.4 Å². The quantitative estimate of drug-likeness (QED) is 0.822. The molecule has 3 rings (SSSR count). The minimum atomic E-state index is -4.73. The first-order chi connectivity index (χ1) is 10.3. The van der Waals surface area contributed by atoms with Gasteiger partial charge in [0.1, 0.15) is 5.82 Å². The fourth-order valence-corrected chi connectivity index (χ4v) is 3.44. The SMILES string of the molecule is OC1(Cc2ccc(F)c(C(F)(F)F)c2)CC2COCC(C1)N2. The summed E-state index contributed by atoms with van der Waals surface area (Å²) in [4.78, 5) is 0. The van der Waals surface area contributed by atoms with E-state index in [0.717, 1.165) is 12.1 Å². The molecule has 1 aromatic carbocycles. The lowest BCUT2D eigenvalue weighted by Gasteiger charge is -2.45. The van der Waals surface area contributed by atoms with E-state index in [-0.39, 0.29) is 24.1 Å². The second-order valence-corrected chi connectivity index (χ2v) is 6.22. The molecule has 0 amide bonds. The van der Waals surface area contributed by atoms with Crippen molar-refractivity contribution in [1.29, 1.82) is 0 Å². The molecule has 0 saturated carbocycles. The van der Waals surface area contributed by atoms with Crippen molar-refractivity contribution in [3.05, 3.63) is 35.1 Å². The summed E-state index contributed by atoms with van der Waals surface area (Å²) in [6, 6.07) is 2.91. The molecule has 0 radical (unpaired) electrons. The van der Waals surface area contributed by atoms with E-state index in [1.165, 1.54) is 6.07 Å². The van der Waals surface area contributed by atoms with Crippen LogP contribution in [0.2, 0.25) is 0 Å². The highest BCUT2D eigenvalue weighted by Gasteiger charge is 2.41. The number of fused-ring (bicyclic) bond motifs is 2. The third-order valence-electron chi connectivity index (χ3n) is 4.23. The van der Waals surface area contributed by atoms with Gasteiger partial charge >= 0.3 is 6.18 Å². The Balaban J connectivity index is 1.81. The maximum absolute atomic E-state index is 13.3. The number of rotatable bonds is 2. The summed E-state index contributed by atoms with van der Waals surface area (Å²) >= 11 is 0. The van der Waals surface area contributed by atoms with Crippen LogP contribution in [0.4, 0.5) is 17.6 Å². The van der Waals surface area contributed by atoms with Gasteiger partial charge in [0.25, 0.3) is 0 Å². The zero-order valence-corrected chi connectivity index (χ0v) is 11.8. The predicted molar refractivity (Wildman–Crippen MR) is 70.8 cm³/mol. The molecule has 2 N–H and O–H groups in total. The maximum Gasteiger partial charge on any atom is 0.419 e. The molecule has 2 aliphatic heterocycles. The van der Waals surface area contributed by atoms with E-state index in [0.29, 0.717) is 26.1 Å². The first kappa shape index (κ1) is 15.7. The van der Waals surface area contributed by atoms with E-state index >= 15 is 0 Å². The predicted octanol–water partition coefficient (Wildman–Crippen LogP) is 2.27. The van der Waals surface area contributed by atoms with Crippen molar-refractivity contribution in [2.24, 2.45) is 0 Å².